The third kappa shape index (κ3) is 3.37. The first-order valence-electron chi connectivity index (χ1n) is 4.26. The monoisotopic (exact) mass is 156 g/mol. The lowest BCUT2D eigenvalue weighted by Crippen LogP contribution is -2.32. The summed E-state index contributed by atoms with van der Waals surface area (Å²) < 4.78 is 4.84. The Bertz CT molecular complexity index is 111. The van der Waals surface area contributed by atoms with Gasteiger partial charge in [-0.3, -0.25) is 10.3 Å². The molecule has 1 aliphatic rings. The van der Waals surface area contributed by atoms with Gasteiger partial charge in [-0.1, -0.05) is 6.42 Å². The van der Waals surface area contributed by atoms with E-state index in [2.05, 4.69) is 4.90 Å². The van der Waals surface area contributed by atoms with Gasteiger partial charge in [0.2, 0.25) is 0 Å². The van der Waals surface area contributed by atoms with Gasteiger partial charge >= 0.3 is 0 Å². The van der Waals surface area contributed by atoms with E-state index in [9.17, 15) is 0 Å². The predicted molar refractivity (Wildman–Crippen MR) is 45.0 cm³/mol. The normalized spacial score (nSPS) is 19.6. The Kier molecular flexibility index (Phi) is 3.98. The van der Waals surface area contributed by atoms with Gasteiger partial charge in [0, 0.05) is 6.54 Å². The van der Waals surface area contributed by atoms with E-state index in [0.29, 0.717) is 6.61 Å². The molecule has 1 saturated heterocycles. The first-order valence-corrected chi connectivity index (χ1v) is 4.26. The highest BCUT2D eigenvalue weighted by atomic mass is 16.5. The van der Waals surface area contributed by atoms with Crippen molar-refractivity contribution in [2.45, 2.75) is 19.3 Å². The SMILES string of the molecule is N=COCCN1CCCCC1. The molecular weight excluding hydrogens is 140 g/mol. The minimum absolute atomic E-state index is 0.670. The highest BCUT2D eigenvalue weighted by Crippen LogP contribution is 2.07. The summed E-state index contributed by atoms with van der Waals surface area (Å²) in [7, 11) is 0. The molecule has 0 atom stereocenters. The van der Waals surface area contributed by atoms with E-state index in [1.54, 1.807) is 0 Å². The van der Waals surface area contributed by atoms with Gasteiger partial charge < -0.3 is 4.74 Å². The number of likely N-dealkylation sites (tertiary alicyclic amines) is 1. The molecule has 3 heteroatoms. The van der Waals surface area contributed by atoms with Gasteiger partial charge in [0.25, 0.3) is 0 Å². The molecule has 0 spiro atoms. The van der Waals surface area contributed by atoms with Crippen molar-refractivity contribution in [2.75, 3.05) is 26.2 Å². The molecular formula is C8H16N2O. The predicted octanol–water partition coefficient (Wildman–Crippen LogP) is 1.10. The lowest BCUT2D eigenvalue weighted by molar-refractivity contribution is 0.182. The highest BCUT2D eigenvalue weighted by molar-refractivity contribution is 5.40. The van der Waals surface area contributed by atoms with Crippen molar-refractivity contribution in [3.8, 4) is 0 Å². The van der Waals surface area contributed by atoms with Crippen LogP contribution in [0.25, 0.3) is 0 Å². The van der Waals surface area contributed by atoms with Crippen LogP contribution in [0.4, 0.5) is 0 Å². The standard InChI is InChI=1S/C8H16N2O/c9-8-11-7-6-10-4-2-1-3-5-10/h8-9H,1-7H2. The van der Waals surface area contributed by atoms with Crippen LogP contribution in [-0.2, 0) is 4.74 Å². The van der Waals surface area contributed by atoms with Crippen LogP contribution < -0.4 is 0 Å². The lowest BCUT2D eigenvalue weighted by Gasteiger charge is -2.25. The number of rotatable bonds is 4. The maximum atomic E-state index is 6.65. The fraction of sp³-hybridized carbons (Fsp3) is 0.875. The molecule has 0 aliphatic carbocycles. The van der Waals surface area contributed by atoms with Crippen molar-refractivity contribution >= 4 is 6.40 Å². The van der Waals surface area contributed by atoms with Crippen molar-refractivity contribution < 1.29 is 4.74 Å². The third-order valence-corrected chi connectivity index (χ3v) is 2.06. The summed E-state index contributed by atoms with van der Waals surface area (Å²) in [4.78, 5) is 2.40. The molecule has 0 saturated carbocycles. The maximum Gasteiger partial charge on any atom is 0.166 e. The number of ether oxygens (including phenoxy) is 1. The van der Waals surface area contributed by atoms with E-state index < -0.39 is 0 Å². The van der Waals surface area contributed by atoms with Crippen LogP contribution in [-0.4, -0.2) is 37.5 Å². The Morgan fingerprint density at radius 3 is 2.64 bits per heavy atom. The van der Waals surface area contributed by atoms with Crippen molar-refractivity contribution in [1.82, 2.24) is 4.90 Å². The summed E-state index contributed by atoms with van der Waals surface area (Å²) in [6.45, 7) is 4.07. The zero-order valence-electron chi connectivity index (χ0n) is 6.88. The molecule has 0 aromatic heterocycles. The Morgan fingerprint density at radius 1 is 1.27 bits per heavy atom. The molecule has 1 aliphatic heterocycles. The molecule has 0 bridgehead atoms. The minimum atomic E-state index is 0.670. The van der Waals surface area contributed by atoms with Crippen LogP contribution >= 0.6 is 0 Å². The van der Waals surface area contributed by atoms with E-state index in [4.69, 9.17) is 10.1 Å². The van der Waals surface area contributed by atoms with Crippen LogP contribution in [0.15, 0.2) is 0 Å². The molecule has 0 aromatic rings. The Hall–Kier alpha value is -0.570. The molecule has 1 fully saturated rings. The third-order valence-electron chi connectivity index (χ3n) is 2.06. The number of piperidine rings is 1. The Labute approximate surface area is 67.8 Å². The molecule has 0 aromatic carbocycles. The number of hydrogen-bond donors (Lipinski definition) is 1. The largest absolute Gasteiger partial charge is 0.482 e. The number of hydrogen-bond acceptors (Lipinski definition) is 3. The quantitative estimate of drug-likeness (QED) is 0.376. The first-order chi connectivity index (χ1) is 5.43. The smallest absolute Gasteiger partial charge is 0.166 e. The van der Waals surface area contributed by atoms with Gasteiger partial charge in [0.05, 0.1) is 0 Å². The molecule has 0 radical (unpaired) electrons. The van der Waals surface area contributed by atoms with E-state index in [1.165, 1.54) is 32.4 Å². The molecule has 11 heavy (non-hydrogen) atoms. The summed E-state index contributed by atoms with van der Waals surface area (Å²) >= 11 is 0. The van der Waals surface area contributed by atoms with Crippen LogP contribution in [0, 0.1) is 5.41 Å². The van der Waals surface area contributed by atoms with Gasteiger partial charge in [-0.05, 0) is 25.9 Å². The van der Waals surface area contributed by atoms with Crippen molar-refractivity contribution in [2.24, 2.45) is 0 Å². The highest BCUT2D eigenvalue weighted by Gasteiger charge is 2.08. The average Bonchev–Trinajstić information content (AvgIpc) is 2.07. The van der Waals surface area contributed by atoms with Crippen LogP contribution in [0.5, 0.6) is 0 Å². The second-order valence-corrected chi connectivity index (χ2v) is 2.89. The van der Waals surface area contributed by atoms with E-state index >= 15 is 0 Å². The second-order valence-electron chi connectivity index (χ2n) is 2.89. The summed E-state index contributed by atoms with van der Waals surface area (Å²) in [6.07, 6.45) is 5.04. The van der Waals surface area contributed by atoms with Gasteiger partial charge in [-0.2, -0.15) is 0 Å². The van der Waals surface area contributed by atoms with Crippen LogP contribution in [0.2, 0.25) is 0 Å². The van der Waals surface area contributed by atoms with Gasteiger partial charge in [0.15, 0.2) is 6.40 Å². The maximum absolute atomic E-state index is 6.65. The first kappa shape index (κ1) is 8.53. The van der Waals surface area contributed by atoms with Crippen molar-refractivity contribution in [3.05, 3.63) is 0 Å². The summed E-state index contributed by atoms with van der Waals surface area (Å²) in [5, 5.41) is 6.65. The van der Waals surface area contributed by atoms with Gasteiger partial charge in [-0.15, -0.1) is 0 Å². The Balaban J connectivity index is 2.00. The molecule has 3 nitrogen and oxygen atoms in total. The van der Waals surface area contributed by atoms with Crippen molar-refractivity contribution in [1.29, 1.82) is 5.41 Å². The van der Waals surface area contributed by atoms with E-state index in [-0.39, 0.29) is 0 Å². The minimum Gasteiger partial charge on any atom is -0.482 e. The molecule has 0 amide bonds. The zero-order valence-corrected chi connectivity index (χ0v) is 6.88. The average molecular weight is 156 g/mol. The summed E-state index contributed by atoms with van der Waals surface area (Å²) in [6, 6.07) is 0. The van der Waals surface area contributed by atoms with E-state index in [1.807, 2.05) is 0 Å². The molecule has 0 unspecified atom stereocenters. The number of nitrogens with one attached hydrogen (secondary N) is 1. The van der Waals surface area contributed by atoms with Crippen LogP contribution in [0.3, 0.4) is 0 Å². The van der Waals surface area contributed by atoms with E-state index in [0.717, 1.165) is 12.9 Å². The second kappa shape index (κ2) is 5.13. The Morgan fingerprint density at radius 2 is 2.00 bits per heavy atom. The summed E-state index contributed by atoms with van der Waals surface area (Å²) in [5.74, 6) is 0. The van der Waals surface area contributed by atoms with Crippen molar-refractivity contribution in [3.63, 3.8) is 0 Å². The molecule has 1 N–H and O–H groups in total. The van der Waals surface area contributed by atoms with Gasteiger partial charge in [-0.25, -0.2) is 0 Å². The molecule has 1 heterocycles. The molecule has 1 rings (SSSR count). The topological polar surface area (TPSA) is 36.3 Å². The lowest BCUT2D eigenvalue weighted by atomic mass is 10.1. The van der Waals surface area contributed by atoms with Gasteiger partial charge in [0.1, 0.15) is 6.61 Å². The number of nitrogens with zero attached hydrogens (tertiary/aromatic N) is 1. The zero-order chi connectivity index (χ0) is 7.94. The fourth-order valence-corrected chi connectivity index (χ4v) is 1.42. The van der Waals surface area contributed by atoms with Crippen LogP contribution in [0.1, 0.15) is 19.3 Å². The fourth-order valence-electron chi connectivity index (χ4n) is 1.42. The summed E-state index contributed by atoms with van der Waals surface area (Å²) in [5.41, 5.74) is 0. The molecule has 64 valence electrons.